The van der Waals surface area contributed by atoms with Crippen LogP contribution in [0.25, 0.3) is 0 Å². The molecule has 0 unspecified atom stereocenters. The summed E-state index contributed by atoms with van der Waals surface area (Å²) in [6.45, 7) is 7.65. The van der Waals surface area contributed by atoms with Gasteiger partial charge in [0.2, 0.25) is 0 Å². The zero-order valence-electron chi connectivity index (χ0n) is 12.2. The van der Waals surface area contributed by atoms with Crippen molar-refractivity contribution in [3.8, 4) is 0 Å². The fraction of sp³-hybridized carbons (Fsp3) is 0.938. The lowest BCUT2D eigenvalue weighted by atomic mass is 9.74. The van der Waals surface area contributed by atoms with Gasteiger partial charge in [0.1, 0.15) is 5.78 Å². The molecule has 18 heavy (non-hydrogen) atoms. The molecule has 0 atom stereocenters. The molecule has 2 fully saturated rings. The normalized spacial score (nSPS) is 25.4. The second-order valence-electron chi connectivity index (χ2n) is 6.43. The van der Waals surface area contributed by atoms with E-state index in [0.717, 1.165) is 32.5 Å². The molecule has 0 bridgehead atoms. The molecule has 2 aliphatic rings. The average molecular weight is 251 g/mol. The number of hydrogen-bond acceptors (Lipinski definition) is 2. The third kappa shape index (κ3) is 3.14. The number of piperidine rings is 1. The van der Waals surface area contributed by atoms with Crippen molar-refractivity contribution in [3.05, 3.63) is 0 Å². The highest BCUT2D eigenvalue weighted by Gasteiger charge is 2.32. The number of likely N-dealkylation sites (tertiary alicyclic amines) is 1. The van der Waals surface area contributed by atoms with Crippen LogP contribution in [0.2, 0.25) is 0 Å². The van der Waals surface area contributed by atoms with Crippen molar-refractivity contribution in [1.29, 1.82) is 0 Å². The van der Waals surface area contributed by atoms with Gasteiger partial charge in [-0.3, -0.25) is 9.69 Å². The van der Waals surface area contributed by atoms with Gasteiger partial charge in [-0.15, -0.1) is 0 Å². The standard InChI is InChI=1S/C16H29NO/c1-3-16(4-2)9-11-17(12-10-16)13-15(18)14-7-5-6-8-14/h14H,3-13H2,1-2H3. The van der Waals surface area contributed by atoms with Crippen molar-refractivity contribution in [2.45, 2.75) is 65.2 Å². The highest BCUT2D eigenvalue weighted by Crippen LogP contribution is 2.38. The molecule has 1 heterocycles. The lowest BCUT2D eigenvalue weighted by molar-refractivity contribution is -0.124. The van der Waals surface area contributed by atoms with E-state index >= 15 is 0 Å². The van der Waals surface area contributed by atoms with E-state index in [9.17, 15) is 4.79 Å². The van der Waals surface area contributed by atoms with Crippen molar-refractivity contribution in [2.24, 2.45) is 11.3 Å². The quantitative estimate of drug-likeness (QED) is 0.743. The van der Waals surface area contributed by atoms with Gasteiger partial charge in [-0.05, 0) is 44.2 Å². The molecule has 1 saturated heterocycles. The highest BCUT2D eigenvalue weighted by atomic mass is 16.1. The zero-order chi connectivity index (χ0) is 13.0. The van der Waals surface area contributed by atoms with Crippen LogP contribution >= 0.6 is 0 Å². The lowest BCUT2D eigenvalue weighted by Gasteiger charge is -2.41. The summed E-state index contributed by atoms with van der Waals surface area (Å²) in [6.07, 6.45) is 10.0. The monoisotopic (exact) mass is 251 g/mol. The molecule has 0 aromatic carbocycles. The summed E-state index contributed by atoms with van der Waals surface area (Å²) in [5, 5.41) is 0. The van der Waals surface area contributed by atoms with Crippen molar-refractivity contribution >= 4 is 5.78 Å². The summed E-state index contributed by atoms with van der Waals surface area (Å²) in [6, 6.07) is 0. The first-order chi connectivity index (χ1) is 8.69. The van der Waals surface area contributed by atoms with E-state index in [2.05, 4.69) is 18.7 Å². The molecule has 2 heteroatoms. The smallest absolute Gasteiger partial charge is 0.149 e. The maximum Gasteiger partial charge on any atom is 0.149 e. The van der Waals surface area contributed by atoms with Gasteiger partial charge < -0.3 is 0 Å². The maximum atomic E-state index is 12.2. The van der Waals surface area contributed by atoms with Crippen LogP contribution in [0.4, 0.5) is 0 Å². The van der Waals surface area contributed by atoms with E-state index in [-0.39, 0.29) is 0 Å². The van der Waals surface area contributed by atoms with Gasteiger partial charge in [0.05, 0.1) is 6.54 Å². The van der Waals surface area contributed by atoms with E-state index in [1.807, 2.05) is 0 Å². The minimum absolute atomic E-state index is 0.397. The topological polar surface area (TPSA) is 20.3 Å². The molecule has 0 N–H and O–H groups in total. The van der Waals surface area contributed by atoms with E-state index in [0.29, 0.717) is 17.1 Å². The second-order valence-corrected chi connectivity index (χ2v) is 6.43. The second kappa shape index (κ2) is 6.18. The molecular weight excluding hydrogens is 222 g/mol. The molecule has 1 aliphatic heterocycles. The van der Waals surface area contributed by atoms with Crippen LogP contribution in [0.5, 0.6) is 0 Å². The summed E-state index contributed by atoms with van der Waals surface area (Å²) in [5.41, 5.74) is 0.576. The van der Waals surface area contributed by atoms with E-state index < -0.39 is 0 Å². The third-order valence-corrected chi connectivity index (χ3v) is 5.61. The summed E-state index contributed by atoms with van der Waals surface area (Å²) in [7, 11) is 0. The average Bonchev–Trinajstić information content (AvgIpc) is 2.94. The molecule has 2 nitrogen and oxygen atoms in total. The van der Waals surface area contributed by atoms with Crippen LogP contribution in [0, 0.1) is 11.3 Å². The van der Waals surface area contributed by atoms with Crippen molar-refractivity contribution < 1.29 is 4.79 Å². The molecule has 0 radical (unpaired) electrons. The Hall–Kier alpha value is -0.370. The van der Waals surface area contributed by atoms with Crippen LogP contribution in [-0.4, -0.2) is 30.3 Å². The first kappa shape index (κ1) is 14.0. The molecular formula is C16H29NO. The number of hydrogen-bond donors (Lipinski definition) is 0. The SMILES string of the molecule is CCC1(CC)CCN(CC(=O)C2CCCC2)CC1. The Labute approximate surface area is 112 Å². The fourth-order valence-corrected chi connectivity index (χ4v) is 3.74. The Morgan fingerprint density at radius 2 is 1.67 bits per heavy atom. The minimum atomic E-state index is 0.397. The van der Waals surface area contributed by atoms with Gasteiger partial charge in [-0.2, -0.15) is 0 Å². The molecule has 0 amide bonds. The number of rotatable bonds is 5. The number of carbonyl (C=O) groups excluding carboxylic acids is 1. The number of Topliss-reactive ketones (excluding diaryl/α,β-unsaturated/α-hetero) is 1. The van der Waals surface area contributed by atoms with E-state index in [1.54, 1.807) is 0 Å². The van der Waals surface area contributed by atoms with E-state index in [4.69, 9.17) is 0 Å². The first-order valence-electron chi connectivity index (χ1n) is 7.94. The summed E-state index contributed by atoms with van der Waals surface area (Å²) >= 11 is 0. The minimum Gasteiger partial charge on any atom is -0.298 e. The first-order valence-corrected chi connectivity index (χ1v) is 7.94. The van der Waals surface area contributed by atoms with E-state index in [1.165, 1.54) is 38.5 Å². The van der Waals surface area contributed by atoms with Crippen LogP contribution in [0.15, 0.2) is 0 Å². The fourth-order valence-electron chi connectivity index (χ4n) is 3.74. The van der Waals surface area contributed by atoms with Crippen LogP contribution < -0.4 is 0 Å². The molecule has 0 spiro atoms. The Balaban J connectivity index is 1.77. The molecule has 1 saturated carbocycles. The molecule has 0 aromatic heterocycles. The van der Waals surface area contributed by atoms with Crippen LogP contribution in [0.1, 0.15) is 65.2 Å². The predicted molar refractivity (Wildman–Crippen MR) is 75.7 cm³/mol. The number of carbonyl (C=O) groups is 1. The number of ketones is 1. The van der Waals surface area contributed by atoms with Gasteiger partial charge in [-0.1, -0.05) is 39.5 Å². The van der Waals surface area contributed by atoms with Gasteiger partial charge in [0.25, 0.3) is 0 Å². The van der Waals surface area contributed by atoms with Gasteiger partial charge in [0, 0.05) is 5.92 Å². The Bertz CT molecular complexity index is 267. The lowest BCUT2D eigenvalue weighted by Crippen LogP contribution is -2.42. The molecule has 0 aromatic rings. The highest BCUT2D eigenvalue weighted by molar-refractivity contribution is 5.83. The van der Waals surface area contributed by atoms with Gasteiger partial charge in [-0.25, -0.2) is 0 Å². The zero-order valence-corrected chi connectivity index (χ0v) is 12.2. The van der Waals surface area contributed by atoms with Gasteiger partial charge >= 0.3 is 0 Å². The Morgan fingerprint density at radius 3 is 2.17 bits per heavy atom. The van der Waals surface area contributed by atoms with Crippen molar-refractivity contribution in [2.75, 3.05) is 19.6 Å². The predicted octanol–water partition coefficient (Wildman–Crippen LogP) is 3.65. The summed E-state index contributed by atoms with van der Waals surface area (Å²) in [5.74, 6) is 0.919. The molecule has 104 valence electrons. The molecule has 2 rings (SSSR count). The van der Waals surface area contributed by atoms with Crippen molar-refractivity contribution in [3.63, 3.8) is 0 Å². The third-order valence-electron chi connectivity index (χ3n) is 5.61. The maximum absolute atomic E-state index is 12.2. The summed E-state index contributed by atoms with van der Waals surface area (Å²) in [4.78, 5) is 14.6. The number of nitrogens with zero attached hydrogens (tertiary/aromatic N) is 1. The van der Waals surface area contributed by atoms with Crippen LogP contribution in [-0.2, 0) is 4.79 Å². The Kier molecular flexibility index (Phi) is 4.83. The largest absolute Gasteiger partial charge is 0.298 e. The van der Waals surface area contributed by atoms with Crippen molar-refractivity contribution in [1.82, 2.24) is 4.90 Å². The van der Waals surface area contributed by atoms with Gasteiger partial charge in [0.15, 0.2) is 0 Å². The van der Waals surface area contributed by atoms with Crippen LogP contribution in [0.3, 0.4) is 0 Å². The Morgan fingerprint density at radius 1 is 1.11 bits per heavy atom. The molecule has 1 aliphatic carbocycles. The summed E-state index contributed by atoms with van der Waals surface area (Å²) < 4.78 is 0.